The highest BCUT2D eigenvalue weighted by Gasteiger charge is 2.19. The van der Waals surface area contributed by atoms with Gasteiger partial charge in [0.15, 0.2) is 0 Å². The number of nitrogens with one attached hydrogen (secondary N) is 1. The summed E-state index contributed by atoms with van der Waals surface area (Å²) in [6.45, 7) is 9.60. The summed E-state index contributed by atoms with van der Waals surface area (Å²) in [6.07, 6.45) is 1.83. The number of amides is 1. The maximum absolute atomic E-state index is 11.5. The van der Waals surface area contributed by atoms with Crippen LogP contribution in [0, 0.1) is 11.3 Å². The number of hydrogen-bond acceptors (Lipinski definition) is 2. The fourth-order valence-corrected chi connectivity index (χ4v) is 1.17. The molecule has 0 spiro atoms. The lowest BCUT2D eigenvalue weighted by molar-refractivity contribution is -0.125. The fraction of sp³-hybridized carbons (Fsp3) is 0.909. The van der Waals surface area contributed by atoms with Gasteiger partial charge in [0.25, 0.3) is 0 Å². The molecule has 1 unspecified atom stereocenters. The molecule has 0 aromatic rings. The summed E-state index contributed by atoms with van der Waals surface area (Å²) in [5.74, 6) is 0.265. The summed E-state index contributed by atoms with van der Waals surface area (Å²) in [6, 6.07) is 0. The molecule has 84 valence electrons. The minimum Gasteiger partial charge on any atom is -0.355 e. The number of carbonyl (C=O) groups is 1. The van der Waals surface area contributed by atoms with Crippen molar-refractivity contribution in [1.29, 1.82) is 0 Å². The average Bonchev–Trinajstić information content (AvgIpc) is 2.13. The lowest BCUT2D eigenvalue weighted by Gasteiger charge is -2.24. The van der Waals surface area contributed by atoms with E-state index in [0.717, 1.165) is 12.8 Å². The van der Waals surface area contributed by atoms with E-state index in [2.05, 4.69) is 19.2 Å². The molecule has 14 heavy (non-hydrogen) atoms. The van der Waals surface area contributed by atoms with Gasteiger partial charge in [-0.15, -0.1) is 0 Å². The van der Waals surface area contributed by atoms with Gasteiger partial charge in [-0.1, -0.05) is 27.7 Å². The highest BCUT2D eigenvalue weighted by Crippen LogP contribution is 2.17. The van der Waals surface area contributed by atoms with Crippen molar-refractivity contribution in [3.8, 4) is 0 Å². The summed E-state index contributed by atoms with van der Waals surface area (Å²) in [4.78, 5) is 11.5. The van der Waals surface area contributed by atoms with Crippen LogP contribution in [0.15, 0.2) is 0 Å². The molecule has 0 aliphatic heterocycles. The van der Waals surface area contributed by atoms with Crippen molar-refractivity contribution in [2.75, 3.05) is 13.1 Å². The largest absolute Gasteiger partial charge is 0.355 e. The van der Waals surface area contributed by atoms with E-state index in [-0.39, 0.29) is 17.2 Å². The number of nitrogens with two attached hydrogens (primary N) is 1. The Balaban J connectivity index is 3.87. The molecule has 0 fully saturated rings. The molecule has 0 saturated carbocycles. The van der Waals surface area contributed by atoms with E-state index in [0.29, 0.717) is 13.1 Å². The fourth-order valence-electron chi connectivity index (χ4n) is 1.17. The van der Waals surface area contributed by atoms with Crippen LogP contribution < -0.4 is 11.1 Å². The second-order valence-corrected chi connectivity index (χ2v) is 4.73. The Morgan fingerprint density at radius 3 is 2.50 bits per heavy atom. The SMILES string of the molecule is CCC(C)C(=O)NCC(C)(C)CCN. The Hall–Kier alpha value is -0.570. The molecule has 0 bridgehead atoms. The Morgan fingerprint density at radius 1 is 1.50 bits per heavy atom. The van der Waals surface area contributed by atoms with Gasteiger partial charge < -0.3 is 11.1 Å². The molecule has 3 N–H and O–H groups in total. The van der Waals surface area contributed by atoms with Crippen LogP contribution in [0.25, 0.3) is 0 Å². The van der Waals surface area contributed by atoms with E-state index >= 15 is 0 Å². The molecular formula is C11H24N2O. The zero-order valence-electron chi connectivity index (χ0n) is 9.89. The van der Waals surface area contributed by atoms with Gasteiger partial charge in [0.05, 0.1) is 0 Å². The summed E-state index contributed by atoms with van der Waals surface area (Å²) >= 11 is 0. The lowest BCUT2D eigenvalue weighted by atomic mass is 9.89. The van der Waals surface area contributed by atoms with E-state index < -0.39 is 0 Å². The molecule has 0 aliphatic carbocycles. The van der Waals surface area contributed by atoms with Gasteiger partial charge in [-0.2, -0.15) is 0 Å². The van der Waals surface area contributed by atoms with Crippen molar-refractivity contribution in [3.63, 3.8) is 0 Å². The van der Waals surface area contributed by atoms with Crippen molar-refractivity contribution in [2.45, 2.75) is 40.5 Å². The van der Waals surface area contributed by atoms with Gasteiger partial charge in [0.1, 0.15) is 0 Å². The van der Waals surface area contributed by atoms with Crippen LogP contribution in [0.4, 0.5) is 0 Å². The average molecular weight is 200 g/mol. The van der Waals surface area contributed by atoms with Crippen LogP contribution in [0.2, 0.25) is 0 Å². The van der Waals surface area contributed by atoms with E-state index in [1.165, 1.54) is 0 Å². The van der Waals surface area contributed by atoms with Crippen LogP contribution in [-0.4, -0.2) is 19.0 Å². The molecule has 0 saturated heterocycles. The van der Waals surface area contributed by atoms with Crippen molar-refractivity contribution >= 4 is 5.91 Å². The Kier molecular flexibility index (Phi) is 5.77. The zero-order chi connectivity index (χ0) is 11.2. The van der Waals surface area contributed by atoms with Crippen molar-refractivity contribution in [1.82, 2.24) is 5.32 Å². The smallest absolute Gasteiger partial charge is 0.222 e. The van der Waals surface area contributed by atoms with Crippen molar-refractivity contribution < 1.29 is 4.79 Å². The molecule has 3 nitrogen and oxygen atoms in total. The molecule has 3 heteroatoms. The first kappa shape index (κ1) is 13.4. The first-order valence-electron chi connectivity index (χ1n) is 5.40. The molecule has 1 atom stereocenters. The van der Waals surface area contributed by atoms with Crippen molar-refractivity contribution in [2.24, 2.45) is 17.1 Å². The minimum absolute atomic E-state index is 0.109. The van der Waals surface area contributed by atoms with Gasteiger partial charge in [0.2, 0.25) is 5.91 Å². The van der Waals surface area contributed by atoms with Crippen molar-refractivity contribution in [3.05, 3.63) is 0 Å². The molecule has 0 rings (SSSR count). The Labute approximate surface area is 87.4 Å². The summed E-state index contributed by atoms with van der Waals surface area (Å²) in [5, 5.41) is 2.96. The quantitative estimate of drug-likeness (QED) is 0.683. The van der Waals surface area contributed by atoms with E-state index in [4.69, 9.17) is 5.73 Å². The third-order valence-electron chi connectivity index (χ3n) is 2.62. The predicted octanol–water partition coefficient (Wildman–Crippen LogP) is 1.52. The number of hydrogen-bond donors (Lipinski definition) is 2. The highest BCUT2D eigenvalue weighted by molar-refractivity contribution is 5.78. The summed E-state index contributed by atoms with van der Waals surface area (Å²) < 4.78 is 0. The van der Waals surface area contributed by atoms with Gasteiger partial charge in [-0.05, 0) is 24.8 Å². The first-order chi connectivity index (χ1) is 6.43. The zero-order valence-corrected chi connectivity index (χ0v) is 9.89. The molecule has 0 aromatic heterocycles. The molecular weight excluding hydrogens is 176 g/mol. The Bertz CT molecular complexity index is 178. The lowest BCUT2D eigenvalue weighted by Crippen LogP contribution is -2.37. The summed E-state index contributed by atoms with van der Waals surface area (Å²) in [7, 11) is 0. The topological polar surface area (TPSA) is 55.1 Å². The maximum atomic E-state index is 11.5. The minimum atomic E-state index is 0.109. The van der Waals surface area contributed by atoms with E-state index in [1.54, 1.807) is 0 Å². The number of rotatable bonds is 6. The van der Waals surface area contributed by atoms with Gasteiger partial charge in [-0.25, -0.2) is 0 Å². The standard InChI is InChI=1S/C11H24N2O/c1-5-9(2)10(14)13-8-11(3,4)6-7-12/h9H,5-8,12H2,1-4H3,(H,13,14). The number of carbonyl (C=O) groups excluding carboxylic acids is 1. The Morgan fingerprint density at radius 2 is 2.07 bits per heavy atom. The second-order valence-electron chi connectivity index (χ2n) is 4.73. The molecule has 0 heterocycles. The summed E-state index contributed by atoms with van der Waals surface area (Å²) in [5.41, 5.74) is 5.60. The van der Waals surface area contributed by atoms with Crippen LogP contribution in [0.3, 0.4) is 0 Å². The molecule has 0 aliphatic rings. The predicted molar refractivity (Wildman–Crippen MR) is 59.9 cm³/mol. The van der Waals surface area contributed by atoms with Gasteiger partial charge >= 0.3 is 0 Å². The van der Waals surface area contributed by atoms with Crippen LogP contribution in [0.5, 0.6) is 0 Å². The third kappa shape index (κ3) is 5.22. The highest BCUT2D eigenvalue weighted by atomic mass is 16.1. The van der Waals surface area contributed by atoms with Gasteiger partial charge in [0, 0.05) is 12.5 Å². The van der Waals surface area contributed by atoms with E-state index in [1.807, 2.05) is 13.8 Å². The van der Waals surface area contributed by atoms with Crippen LogP contribution in [0.1, 0.15) is 40.5 Å². The van der Waals surface area contributed by atoms with Crippen LogP contribution in [-0.2, 0) is 4.79 Å². The molecule has 1 amide bonds. The first-order valence-corrected chi connectivity index (χ1v) is 5.40. The second kappa shape index (κ2) is 6.02. The van der Waals surface area contributed by atoms with E-state index in [9.17, 15) is 4.79 Å². The van der Waals surface area contributed by atoms with Gasteiger partial charge in [-0.3, -0.25) is 4.79 Å². The normalized spacial score (nSPS) is 13.8. The third-order valence-corrected chi connectivity index (χ3v) is 2.62. The van der Waals surface area contributed by atoms with Crippen LogP contribution >= 0.6 is 0 Å². The maximum Gasteiger partial charge on any atom is 0.222 e. The molecule has 0 aromatic carbocycles. The monoisotopic (exact) mass is 200 g/mol. The molecule has 0 radical (unpaired) electrons.